The highest BCUT2D eigenvalue weighted by Crippen LogP contribution is 2.46. The lowest BCUT2D eigenvalue weighted by molar-refractivity contribution is 0.670. The Balaban J connectivity index is 0.584. The van der Waals surface area contributed by atoms with Gasteiger partial charge in [-0.1, -0.05) is 224 Å². The van der Waals surface area contributed by atoms with E-state index in [1.54, 1.807) is 0 Å². The van der Waals surface area contributed by atoms with Gasteiger partial charge in [0.15, 0.2) is 0 Å². The fourth-order valence-corrected chi connectivity index (χ4v) is 18.2. The van der Waals surface area contributed by atoms with Gasteiger partial charge in [-0.2, -0.15) is 0 Å². The van der Waals surface area contributed by atoms with Crippen molar-refractivity contribution in [3.8, 4) is 78.4 Å². The Morgan fingerprint density at radius 3 is 1.09 bits per heavy atom. The first-order valence-electron chi connectivity index (χ1n) is 34.9. The molecule has 22 aromatic rings. The summed E-state index contributed by atoms with van der Waals surface area (Å²) in [6, 6.07) is 130. The lowest BCUT2D eigenvalue weighted by atomic mass is 9.97. The molecule has 16 aromatic carbocycles. The number of nitrogens with zero attached hydrogens (tertiary/aromatic N) is 4. The average molecular weight is 1320 g/mol. The van der Waals surface area contributed by atoms with E-state index in [9.17, 15) is 0 Å². The third-order valence-corrected chi connectivity index (χ3v) is 22.7. The second kappa shape index (κ2) is 22.1. The van der Waals surface area contributed by atoms with Crippen LogP contribution in [0.2, 0.25) is 0 Å². The van der Waals surface area contributed by atoms with Crippen molar-refractivity contribution >= 4 is 141 Å². The summed E-state index contributed by atoms with van der Waals surface area (Å²) < 4.78 is 18.8. The first kappa shape index (κ1) is 56.7. The van der Waals surface area contributed by atoms with Crippen LogP contribution in [0.25, 0.3) is 208 Å². The second-order valence-electron chi connectivity index (χ2n) is 27.1. The molecule has 0 fully saturated rings. The molecular formula is C96H58N4OS. The minimum absolute atomic E-state index is 0.904. The van der Waals surface area contributed by atoms with E-state index in [1.165, 1.54) is 135 Å². The van der Waals surface area contributed by atoms with Gasteiger partial charge in [0.2, 0.25) is 0 Å². The van der Waals surface area contributed by atoms with Gasteiger partial charge < -0.3 is 22.7 Å². The Bertz CT molecular complexity index is 7230. The molecule has 102 heavy (non-hydrogen) atoms. The normalized spacial score (nSPS) is 12.1. The Morgan fingerprint density at radius 2 is 0.549 bits per heavy atom. The molecule has 5 nitrogen and oxygen atoms in total. The number of aromatic nitrogens is 4. The fourth-order valence-electron chi connectivity index (χ4n) is 16.9. The van der Waals surface area contributed by atoms with E-state index in [1.807, 2.05) is 17.4 Å². The number of fused-ring (bicyclic) bond motifs is 18. The predicted octanol–water partition coefficient (Wildman–Crippen LogP) is 26.7. The maximum atomic E-state index is 6.50. The second-order valence-corrected chi connectivity index (χ2v) is 28.2. The first-order valence-corrected chi connectivity index (χ1v) is 35.8. The molecule has 0 radical (unpaired) electrons. The summed E-state index contributed by atoms with van der Waals surface area (Å²) in [4.78, 5) is 0. The maximum Gasteiger partial charge on any atom is 0.143 e. The van der Waals surface area contributed by atoms with Crippen LogP contribution in [0, 0.1) is 0 Å². The highest BCUT2D eigenvalue weighted by molar-refractivity contribution is 7.26. The third kappa shape index (κ3) is 8.57. The smallest absolute Gasteiger partial charge is 0.143 e. The minimum atomic E-state index is 0.904. The number of benzene rings is 16. The average Bonchev–Trinajstić information content (AvgIpc) is 1.58. The molecule has 0 aliphatic heterocycles. The van der Waals surface area contributed by atoms with E-state index < -0.39 is 0 Å². The van der Waals surface area contributed by atoms with Crippen LogP contribution >= 0.6 is 11.3 Å². The quantitative estimate of drug-likeness (QED) is 0.142. The summed E-state index contributed by atoms with van der Waals surface area (Å²) in [6.45, 7) is 0. The third-order valence-electron chi connectivity index (χ3n) is 21.5. The molecule has 0 N–H and O–H groups in total. The van der Waals surface area contributed by atoms with E-state index >= 15 is 0 Å². The molecule has 0 aliphatic rings. The zero-order valence-corrected chi connectivity index (χ0v) is 55.9. The van der Waals surface area contributed by atoms with Gasteiger partial charge in [-0.05, 0) is 177 Å². The van der Waals surface area contributed by atoms with Crippen LogP contribution in [-0.2, 0) is 0 Å². The molecule has 6 aromatic heterocycles. The van der Waals surface area contributed by atoms with Gasteiger partial charge in [0, 0.05) is 102 Å². The molecule has 6 heterocycles. The molecule has 6 heteroatoms. The summed E-state index contributed by atoms with van der Waals surface area (Å²) in [5.74, 6) is 0. The van der Waals surface area contributed by atoms with Gasteiger partial charge in [-0.3, -0.25) is 0 Å². The van der Waals surface area contributed by atoms with Crippen LogP contribution in [0.1, 0.15) is 0 Å². The summed E-state index contributed by atoms with van der Waals surface area (Å²) in [5, 5.41) is 14.7. The largest absolute Gasteiger partial charge is 0.455 e. The van der Waals surface area contributed by atoms with E-state index in [0.29, 0.717) is 0 Å². The van der Waals surface area contributed by atoms with E-state index in [4.69, 9.17) is 4.42 Å². The van der Waals surface area contributed by atoms with Crippen LogP contribution in [-0.4, -0.2) is 18.3 Å². The monoisotopic (exact) mass is 1310 g/mol. The van der Waals surface area contributed by atoms with Crippen LogP contribution in [0.5, 0.6) is 0 Å². The molecular weight excluding hydrogens is 1260 g/mol. The van der Waals surface area contributed by atoms with E-state index in [-0.39, 0.29) is 0 Å². The molecule has 22 rings (SSSR count). The summed E-state index contributed by atoms with van der Waals surface area (Å²) in [7, 11) is 0. The van der Waals surface area contributed by atoms with Crippen molar-refractivity contribution in [2.24, 2.45) is 0 Å². The molecule has 0 unspecified atom stereocenters. The Labute approximate surface area is 589 Å². The van der Waals surface area contributed by atoms with Gasteiger partial charge >= 0.3 is 0 Å². The maximum absolute atomic E-state index is 6.50. The molecule has 0 saturated heterocycles. The van der Waals surface area contributed by atoms with Crippen LogP contribution in [0.4, 0.5) is 0 Å². The van der Waals surface area contributed by atoms with Crippen molar-refractivity contribution in [1.82, 2.24) is 18.3 Å². The van der Waals surface area contributed by atoms with Crippen LogP contribution in [0.3, 0.4) is 0 Å². The van der Waals surface area contributed by atoms with Gasteiger partial charge in [-0.25, -0.2) is 0 Å². The molecule has 0 aliphatic carbocycles. The molecule has 0 saturated carbocycles. The van der Waals surface area contributed by atoms with Gasteiger partial charge in [0.25, 0.3) is 0 Å². The van der Waals surface area contributed by atoms with Crippen molar-refractivity contribution in [3.05, 3.63) is 352 Å². The lowest BCUT2D eigenvalue weighted by Crippen LogP contribution is -1.96. The Kier molecular flexibility index (Phi) is 12.3. The van der Waals surface area contributed by atoms with Crippen molar-refractivity contribution in [1.29, 1.82) is 0 Å². The lowest BCUT2D eigenvalue weighted by Gasteiger charge is -2.12. The molecule has 474 valence electrons. The van der Waals surface area contributed by atoms with Crippen molar-refractivity contribution in [2.75, 3.05) is 0 Å². The van der Waals surface area contributed by atoms with E-state index in [2.05, 4.69) is 364 Å². The summed E-state index contributed by atoms with van der Waals surface area (Å²) >= 11 is 1.89. The fraction of sp³-hybridized carbons (Fsp3) is 0. The van der Waals surface area contributed by atoms with Gasteiger partial charge in [-0.15, -0.1) is 11.3 Å². The Morgan fingerprint density at radius 1 is 0.196 bits per heavy atom. The predicted molar refractivity (Wildman–Crippen MR) is 431 cm³/mol. The van der Waals surface area contributed by atoms with Crippen molar-refractivity contribution in [2.45, 2.75) is 0 Å². The number of rotatable bonds is 9. The standard InChI is InChI=1S/C96H58N4OS/c1-7-37-85-73(27-1)74-28-2-8-38-86(74)99(85)69-45-49-91-83(57-69)76-30-4-10-40-88(76)98(91)68-26-16-22-62(54-68)60-20-14-24-66(52-60)72-34-18-36-81-79-47-43-64(56-94(79)102-96(72)81)63-44-48-90-82(55-63)75-29-3-9-39-87(75)100(90)70-46-50-92-84(58-70)77-31-5-11-41-89(77)97(92)67-25-15-21-61(53-67)59-19-13-23-65(51-59)71-33-17-35-80-78-32-6-12-42-93(78)101-95(71)80/h1-58H. The first-order chi connectivity index (χ1) is 50.6. The summed E-state index contributed by atoms with van der Waals surface area (Å²) in [6.07, 6.45) is 0. The number of para-hydroxylation sites is 7. The number of hydrogen-bond donors (Lipinski definition) is 0. The molecule has 0 bridgehead atoms. The van der Waals surface area contributed by atoms with Gasteiger partial charge in [0.05, 0.1) is 44.1 Å². The van der Waals surface area contributed by atoms with Crippen molar-refractivity contribution in [3.63, 3.8) is 0 Å². The molecule has 0 amide bonds. The number of hydrogen-bond acceptors (Lipinski definition) is 2. The zero-order chi connectivity index (χ0) is 66.7. The number of thiophene rings is 1. The molecule has 0 spiro atoms. The number of furan rings is 1. The van der Waals surface area contributed by atoms with Crippen LogP contribution < -0.4 is 0 Å². The highest BCUT2D eigenvalue weighted by atomic mass is 32.1. The summed E-state index contributed by atoms with van der Waals surface area (Å²) in [5.41, 5.74) is 27.5. The van der Waals surface area contributed by atoms with Crippen molar-refractivity contribution < 1.29 is 4.42 Å². The topological polar surface area (TPSA) is 32.9 Å². The highest BCUT2D eigenvalue weighted by Gasteiger charge is 2.22. The van der Waals surface area contributed by atoms with E-state index in [0.717, 1.165) is 72.5 Å². The van der Waals surface area contributed by atoms with Crippen LogP contribution in [0.15, 0.2) is 356 Å². The zero-order valence-electron chi connectivity index (χ0n) is 55.1. The van der Waals surface area contributed by atoms with Gasteiger partial charge in [0.1, 0.15) is 11.2 Å². The minimum Gasteiger partial charge on any atom is -0.455 e. The SMILES string of the molecule is c1cc(-c2cccc(-n3c4ccccc4c4cc(-n5c6ccccc6c6cc(-c7ccc8c(c7)sc7c(-c9cccc(-c%10cccc(-n%11c%12ccccc%12c%12cc(-n%13c%14ccccc%14c%14ccccc%14%13)ccc%12%11)c%10)c9)cccc78)ccc65)ccc43)c2)cc(-c2cccc3c2oc2ccccc23)c1. The molecule has 0 atom stereocenters. The Hall–Kier alpha value is -13.3.